The molecule has 3 heteroatoms. The molecule has 0 fully saturated rings. The summed E-state index contributed by atoms with van der Waals surface area (Å²) in [5.41, 5.74) is 1.54. The predicted molar refractivity (Wildman–Crippen MR) is 70.3 cm³/mol. The van der Waals surface area contributed by atoms with Crippen LogP contribution in [0.5, 0.6) is 0 Å². The Labute approximate surface area is 103 Å². The van der Waals surface area contributed by atoms with Crippen LogP contribution in [0, 0.1) is 0 Å². The fraction of sp³-hybridized carbons (Fsp3) is 0.500. The maximum Gasteiger partial charge on any atom is 0.412 e. The van der Waals surface area contributed by atoms with Crippen molar-refractivity contribution in [2.45, 2.75) is 46.1 Å². The van der Waals surface area contributed by atoms with Gasteiger partial charge in [-0.25, -0.2) is 4.79 Å². The molecule has 17 heavy (non-hydrogen) atoms. The Morgan fingerprint density at radius 1 is 1.35 bits per heavy atom. The van der Waals surface area contributed by atoms with Crippen LogP contribution in [-0.4, -0.2) is 11.7 Å². The van der Waals surface area contributed by atoms with Gasteiger partial charge < -0.3 is 4.74 Å². The van der Waals surface area contributed by atoms with E-state index < -0.39 is 11.7 Å². The van der Waals surface area contributed by atoms with Crippen molar-refractivity contribution in [3.05, 3.63) is 29.8 Å². The maximum absolute atomic E-state index is 11.6. The molecule has 0 saturated heterocycles. The van der Waals surface area contributed by atoms with Crippen LogP contribution >= 0.6 is 0 Å². The third kappa shape index (κ3) is 5.38. The third-order valence-electron chi connectivity index (χ3n) is 2.11. The highest BCUT2D eigenvalue weighted by Gasteiger charge is 2.16. The molecule has 0 aliphatic carbocycles. The fourth-order valence-corrected chi connectivity index (χ4v) is 1.51. The van der Waals surface area contributed by atoms with Crippen LogP contribution in [0.3, 0.4) is 0 Å². The number of nitrogens with one attached hydrogen (secondary N) is 1. The largest absolute Gasteiger partial charge is 0.444 e. The average molecular weight is 235 g/mol. The molecule has 0 atom stereocenters. The molecule has 0 bridgehead atoms. The van der Waals surface area contributed by atoms with Crippen molar-refractivity contribution in [3.8, 4) is 0 Å². The van der Waals surface area contributed by atoms with Gasteiger partial charge >= 0.3 is 6.09 Å². The molecular formula is C14H21NO2. The number of hydrogen-bond acceptors (Lipinski definition) is 2. The minimum absolute atomic E-state index is 0.411. The smallest absolute Gasteiger partial charge is 0.412 e. The standard InChI is InChI=1S/C14H21NO2/c1-5-7-11-8-6-9-12(10-11)15-13(16)17-14(2,3)4/h6,8-10H,5,7H2,1-4H3,(H,15,16). The number of benzene rings is 1. The summed E-state index contributed by atoms with van der Waals surface area (Å²) >= 11 is 0. The van der Waals surface area contributed by atoms with Crippen LogP contribution < -0.4 is 5.32 Å². The highest BCUT2D eigenvalue weighted by atomic mass is 16.6. The van der Waals surface area contributed by atoms with E-state index in [4.69, 9.17) is 4.74 Å². The zero-order chi connectivity index (χ0) is 12.9. The van der Waals surface area contributed by atoms with Crippen LogP contribution in [-0.2, 0) is 11.2 Å². The van der Waals surface area contributed by atoms with Crippen molar-refractivity contribution in [1.82, 2.24) is 0 Å². The number of carbonyl (C=O) groups is 1. The van der Waals surface area contributed by atoms with E-state index in [2.05, 4.69) is 18.3 Å². The molecule has 94 valence electrons. The molecule has 0 heterocycles. The minimum atomic E-state index is -0.467. The number of hydrogen-bond donors (Lipinski definition) is 1. The van der Waals surface area contributed by atoms with Crippen molar-refractivity contribution in [1.29, 1.82) is 0 Å². The van der Waals surface area contributed by atoms with E-state index in [0.717, 1.165) is 18.5 Å². The second-order valence-electron chi connectivity index (χ2n) is 5.08. The van der Waals surface area contributed by atoms with Gasteiger partial charge in [-0.15, -0.1) is 0 Å². The number of anilines is 1. The number of amides is 1. The molecule has 1 rings (SSSR count). The lowest BCUT2D eigenvalue weighted by molar-refractivity contribution is 0.0636. The van der Waals surface area contributed by atoms with Crippen LogP contribution in [0.25, 0.3) is 0 Å². The van der Waals surface area contributed by atoms with Gasteiger partial charge in [0.05, 0.1) is 0 Å². The topological polar surface area (TPSA) is 38.3 Å². The van der Waals surface area contributed by atoms with E-state index in [1.807, 2.05) is 39.0 Å². The van der Waals surface area contributed by atoms with E-state index in [1.54, 1.807) is 0 Å². The Kier molecular flexibility index (Phi) is 4.55. The zero-order valence-corrected chi connectivity index (χ0v) is 11.0. The molecule has 0 spiro atoms. The lowest BCUT2D eigenvalue weighted by Crippen LogP contribution is -2.27. The summed E-state index contributed by atoms with van der Waals surface area (Å²) in [5, 5.41) is 2.74. The summed E-state index contributed by atoms with van der Waals surface area (Å²) in [6, 6.07) is 7.85. The lowest BCUT2D eigenvalue weighted by atomic mass is 10.1. The maximum atomic E-state index is 11.6. The number of rotatable bonds is 3. The highest BCUT2D eigenvalue weighted by molar-refractivity contribution is 5.84. The normalized spacial score (nSPS) is 11.1. The molecule has 1 aromatic carbocycles. The summed E-state index contributed by atoms with van der Waals surface area (Å²) in [6.07, 6.45) is 1.70. The highest BCUT2D eigenvalue weighted by Crippen LogP contribution is 2.14. The van der Waals surface area contributed by atoms with Gasteiger partial charge in [0.2, 0.25) is 0 Å². The second-order valence-corrected chi connectivity index (χ2v) is 5.08. The summed E-state index contributed by atoms with van der Waals surface area (Å²) in [7, 11) is 0. The third-order valence-corrected chi connectivity index (χ3v) is 2.11. The van der Waals surface area contributed by atoms with Gasteiger partial charge in [-0.05, 0) is 44.9 Å². The molecule has 0 unspecified atom stereocenters. The molecular weight excluding hydrogens is 214 g/mol. The predicted octanol–water partition coefficient (Wildman–Crippen LogP) is 3.99. The Balaban J connectivity index is 2.62. The Morgan fingerprint density at radius 2 is 2.06 bits per heavy atom. The first-order chi connectivity index (χ1) is 7.90. The fourth-order valence-electron chi connectivity index (χ4n) is 1.51. The van der Waals surface area contributed by atoms with E-state index in [0.29, 0.717) is 0 Å². The van der Waals surface area contributed by atoms with Crippen molar-refractivity contribution >= 4 is 11.8 Å². The Morgan fingerprint density at radius 3 is 2.65 bits per heavy atom. The molecule has 1 amide bonds. The molecule has 0 radical (unpaired) electrons. The van der Waals surface area contributed by atoms with E-state index in [1.165, 1.54) is 5.56 Å². The quantitative estimate of drug-likeness (QED) is 0.860. The minimum Gasteiger partial charge on any atom is -0.444 e. The van der Waals surface area contributed by atoms with Gasteiger partial charge in [0.15, 0.2) is 0 Å². The number of ether oxygens (including phenoxy) is 1. The molecule has 0 saturated carbocycles. The van der Waals surface area contributed by atoms with E-state index in [-0.39, 0.29) is 0 Å². The van der Waals surface area contributed by atoms with Gasteiger partial charge in [-0.2, -0.15) is 0 Å². The summed E-state index contributed by atoms with van der Waals surface area (Å²) in [6.45, 7) is 7.67. The Bertz CT molecular complexity index is 380. The average Bonchev–Trinajstić information content (AvgIpc) is 2.15. The first kappa shape index (κ1) is 13.6. The molecule has 0 aromatic heterocycles. The molecule has 3 nitrogen and oxygen atoms in total. The first-order valence-electron chi connectivity index (χ1n) is 5.99. The lowest BCUT2D eigenvalue weighted by Gasteiger charge is -2.19. The van der Waals surface area contributed by atoms with E-state index in [9.17, 15) is 4.79 Å². The van der Waals surface area contributed by atoms with Crippen molar-refractivity contribution < 1.29 is 9.53 Å². The molecule has 1 aromatic rings. The monoisotopic (exact) mass is 235 g/mol. The summed E-state index contributed by atoms with van der Waals surface area (Å²) in [5.74, 6) is 0. The van der Waals surface area contributed by atoms with Gasteiger partial charge in [-0.3, -0.25) is 5.32 Å². The first-order valence-corrected chi connectivity index (χ1v) is 5.99. The van der Waals surface area contributed by atoms with Crippen molar-refractivity contribution in [3.63, 3.8) is 0 Å². The SMILES string of the molecule is CCCc1cccc(NC(=O)OC(C)(C)C)c1. The van der Waals surface area contributed by atoms with Gasteiger partial charge in [0.25, 0.3) is 0 Å². The van der Waals surface area contributed by atoms with Crippen molar-refractivity contribution in [2.75, 3.05) is 5.32 Å². The molecule has 0 aliphatic heterocycles. The van der Waals surface area contributed by atoms with E-state index >= 15 is 0 Å². The number of aryl methyl sites for hydroxylation is 1. The summed E-state index contributed by atoms with van der Waals surface area (Å²) in [4.78, 5) is 11.6. The van der Waals surface area contributed by atoms with Crippen LogP contribution in [0.4, 0.5) is 10.5 Å². The van der Waals surface area contributed by atoms with Gasteiger partial charge in [0, 0.05) is 5.69 Å². The molecule has 1 N–H and O–H groups in total. The van der Waals surface area contributed by atoms with Crippen LogP contribution in [0.15, 0.2) is 24.3 Å². The van der Waals surface area contributed by atoms with Crippen molar-refractivity contribution in [2.24, 2.45) is 0 Å². The zero-order valence-electron chi connectivity index (χ0n) is 11.0. The number of carbonyl (C=O) groups excluding carboxylic acids is 1. The van der Waals surface area contributed by atoms with Crippen LogP contribution in [0.1, 0.15) is 39.7 Å². The second kappa shape index (κ2) is 5.71. The Hall–Kier alpha value is -1.51. The van der Waals surface area contributed by atoms with Gasteiger partial charge in [-0.1, -0.05) is 25.5 Å². The van der Waals surface area contributed by atoms with Gasteiger partial charge in [0.1, 0.15) is 5.60 Å². The molecule has 0 aliphatic rings. The summed E-state index contributed by atoms with van der Waals surface area (Å²) < 4.78 is 5.19. The van der Waals surface area contributed by atoms with Crippen LogP contribution in [0.2, 0.25) is 0 Å².